The highest BCUT2D eigenvalue weighted by Crippen LogP contribution is 2.68. The number of rotatable bonds is 8. The Kier molecular flexibility index (Phi) is 9.19. The number of fused-ring (bicyclic) bond motifs is 7. The molecule has 5 aliphatic carbocycles. The van der Waals surface area contributed by atoms with Gasteiger partial charge in [0.25, 0.3) is 0 Å². The SMILES string of the molecule is C[C@H](CCC(=O)NCc1c(O)ccc2c(-c3ccccc3C(=O)O)c3ccc(=O)cc-3oc12)C1CCC2[C@@H]3CC[C@@H]4C[C@H](O)CC[C@]4(C)C3CC[C@@]21C. The van der Waals surface area contributed by atoms with Gasteiger partial charge in [-0.1, -0.05) is 39.0 Å². The van der Waals surface area contributed by atoms with Crippen LogP contribution in [0.25, 0.3) is 33.4 Å². The maximum absolute atomic E-state index is 13.4. The van der Waals surface area contributed by atoms with Crippen LogP contribution >= 0.6 is 0 Å². The molecule has 0 bridgehead atoms. The molecule has 0 spiro atoms. The van der Waals surface area contributed by atoms with E-state index < -0.39 is 5.97 Å². The maximum atomic E-state index is 13.4. The zero-order valence-electron chi connectivity index (χ0n) is 31.2. The fourth-order valence-electron chi connectivity index (χ4n) is 12.4. The second kappa shape index (κ2) is 13.6. The molecule has 3 unspecified atom stereocenters. The number of carbonyl (C=O) groups is 2. The largest absolute Gasteiger partial charge is 0.507 e. The molecule has 8 nitrogen and oxygen atoms in total. The van der Waals surface area contributed by atoms with Crippen molar-refractivity contribution in [2.75, 3.05) is 0 Å². The van der Waals surface area contributed by atoms with Crippen molar-refractivity contribution in [1.29, 1.82) is 0 Å². The quantitative estimate of drug-likeness (QED) is 0.133. The Hall–Kier alpha value is -4.17. The molecule has 9 atom stereocenters. The summed E-state index contributed by atoms with van der Waals surface area (Å²) in [6.45, 7) is 7.45. The molecule has 280 valence electrons. The summed E-state index contributed by atoms with van der Waals surface area (Å²) in [7, 11) is 0. The van der Waals surface area contributed by atoms with Gasteiger partial charge >= 0.3 is 5.97 Å². The number of aromatic hydroxyl groups is 1. The molecule has 8 rings (SSSR count). The standard InChI is InChI=1S/C45H53NO7/c1-25(35-14-15-36-31-11-9-26-22-28(48)18-20-44(26,2)37(31)19-21-45(35,36)3)8-17-40(50)46-24-34-38(49)16-13-33-41(29-6-4-5-7-30(29)43(51)52)32-12-10-27(47)23-39(32)53-42(33)34/h4-7,10,12-13,16,23,25-26,28,31,35-37,48-49H,8-9,11,14-15,17-22,24H2,1-3H3,(H,46,50)(H,51,52)/t25-,26-,28-,31+,35?,36?,37?,44+,45-/m1/s1. The smallest absolute Gasteiger partial charge is 0.336 e. The average molecular weight is 720 g/mol. The van der Waals surface area contributed by atoms with E-state index in [2.05, 4.69) is 26.1 Å². The van der Waals surface area contributed by atoms with Gasteiger partial charge in [-0.15, -0.1) is 0 Å². The Morgan fingerprint density at radius 1 is 0.925 bits per heavy atom. The van der Waals surface area contributed by atoms with Crippen molar-refractivity contribution >= 4 is 22.8 Å². The highest BCUT2D eigenvalue weighted by Gasteiger charge is 2.60. The van der Waals surface area contributed by atoms with Crippen molar-refractivity contribution in [3.63, 3.8) is 0 Å². The molecule has 53 heavy (non-hydrogen) atoms. The topological polar surface area (TPSA) is 137 Å². The van der Waals surface area contributed by atoms with Gasteiger partial charge in [-0.2, -0.15) is 0 Å². The van der Waals surface area contributed by atoms with Crippen molar-refractivity contribution in [2.45, 2.75) is 104 Å². The third-order valence-electron chi connectivity index (χ3n) is 15.1. The van der Waals surface area contributed by atoms with Crippen molar-refractivity contribution in [3.8, 4) is 28.2 Å². The normalized spacial score (nSPS) is 31.4. The Balaban J connectivity index is 0.980. The number of aliphatic hydroxyl groups excluding tert-OH is 1. The van der Waals surface area contributed by atoms with E-state index in [1.807, 2.05) is 0 Å². The summed E-state index contributed by atoms with van der Waals surface area (Å²) in [5.41, 5.74) is 2.80. The molecule has 1 aliphatic heterocycles. The van der Waals surface area contributed by atoms with E-state index in [0.29, 0.717) is 68.2 Å². The van der Waals surface area contributed by atoms with Crippen molar-refractivity contribution in [3.05, 3.63) is 75.9 Å². The Bertz CT molecular complexity index is 2090. The van der Waals surface area contributed by atoms with Crippen molar-refractivity contribution in [1.82, 2.24) is 5.32 Å². The molecule has 4 saturated carbocycles. The zero-order valence-corrected chi connectivity index (χ0v) is 31.2. The van der Waals surface area contributed by atoms with Gasteiger partial charge < -0.3 is 25.1 Å². The van der Waals surface area contributed by atoms with Gasteiger partial charge in [-0.25, -0.2) is 4.79 Å². The number of amides is 1. The number of carboxylic acids is 1. The second-order valence-corrected chi connectivity index (χ2v) is 17.5. The summed E-state index contributed by atoms with van der Waals surface area (Å²) in [5.74, 6) is 2.99. The van der Waals surface area contributed by atoms with Crippen molar-refractivity contribution < 1.29 is 29.3 Å². The summed E-state index contributed by atoms with van der Waals surface area (Å²) in [4.78, 5) is 38.1. The van der Waals surface area contributed by atoms with Gasteiger partial charge in [-0.05, 0) is 146 Å². The van der Waals surface area contributed by atoms with E-state index >= 15 is 0 Å². The third kappa shape index (κ3) is 6.05. The van der Waals surface area contributed by atoms with Crippen LogP contribution in [-0.4, -0.2) is 33.3 Å². The van der Waals surface area contributed by atoms with E-state index in [1.54, 1.807) is 36.4 Å². The molecule has 0 saturated heterocycles. The lowest BCUT2D eigenvalue weighted by Gasteiger charge is -2.61. The zero-order chi connectivity index (χ0) is 37.2. The minimum absolute atomic E-state index is 0.0194. The minimum atomic E-state index is -1.08. The number of aliphatic hydroxyl groups is 1. The molecular formula is C45H53NO7. The fraction of sp³-hybridized carbons (Fsp3) is 0.533. The minimum Gasteiger partial charge on any atom is -0.507 e. The van der Waals surface area contributed by atoms with Gasteiger partial charge in [0.05, 0.1) is 23.8 Å². The number of hydrogen-bond acceptors (Lipinski definition) is 6. The lowest BCUT2D eigenvalue weighted by atomic mass is 9.44. The first-order valence-corrected chi connectivity index (χ1v) is 19.9. The van der Waals surface area contributed by atoms with Crippen LogP contribution in [0.1, 0.15) is 107 Å². The van der Waals surface area contributed by atoms with Crippen LogP contribution in [0, 0.1) is 46.3 Å². The number of nitrogens with one attached hydrogen (secondary N) is 1. The van der Waals surface area contributed by atoms with Gasteiger partial charge in [0.15, 0.2) is 5.43 Å². The van der Waals surface area contributed by atoms with Gasteiger partial charge in [0, 0.05) is 29.0 Å². The monoisotopic (exact) mass is 719 g/mol. The Morgan fingerprint density at radius 2 is 1.70 bits per heavy atom. The van der Waals surface area contributed by atoms with Crippen LogP contribution in [0.5, 0.6) is 5.75 Å². The number of aromatic carboxylic acids is 1. The third-order valence-corrected chi connectivity index (χ3v) is 15.1. The first-order valence-electron chi connectivity index (χ1n) is 19.9. The molecule has 0 aromatic heterocycles. The van der Waals surface area contributed by atoms with E-state index in [-0.39, 0.29) is 41.1 Å². The number of carboxylic acid groups (broad SMARTS) is 1. The Labute approximate surface area is 311 Å². The van der Waals surface area contributed by atoms with Crippen LogP contribution in [0.3, 0.4) is 0 Å². The summed E-state index contributed by atoms with van der Waals surface area (Å²) < 4.78 is 6.27. The highest BCUT2D eigenvalue weighted by molar-refractivity contribution is 6.08. The summed E-state index contributed by atoms with van der Waals surface area (Å²) in [6.07, 6.45) is 11.8. The van der Waals surface area contributed by atoms with Crippen LogP contribution in [0.4, 0.5) is 0 Å². The number of hydrogen-bond donors (Lipinski definition) is 4. The molecule has 2 aromatic carbocycles. The molecule has 4 fully saturated rings. The van der Waals surface area contributed by atoms with Gasteiger partial charge in [-0.3, -0.25) is 9.59 Å². The molecule has 6 aliphatic rings. The van der Waals surface area contributed by atoms with E-state index in [9.17, 15) is 29.7 Å². The maximum Gasteiger partial charge on any atom is 0.336 e. The van der Waals surface area contributed by atoms with E-state index in [1.165, 1.54) is 63.1 Å². The number of phenols is 1. The molecule has 1 heterocycles. The molecule has 8 heteroatoms. The first-order chi connectivity index (χ1) is 25.4. The molecule has 4 N–H and O–H groups in total. The molecule has 2 aromatic rings. The second-order valence-electron chi connectivity index (χ2n) is 17.5. The van der Waals surface area contributed by atoms with Crippen LogP contribution < -0.4 is 10.7 Å². The molecule has 0 radical (unpaired) electrons. The summed E-state index contributed by atoms with van der Waals surface area (Å²) in [6, 6.07) is 14.3. The first kappa shape index (κ1) is 35.8. The van der Waals surface area contributed by atoms with E-state index in [4.69, 9.17) is 4.42 Å². The van der Waals surface area contributed by atoms with Crippen LogP contribution in [0.2, 0.25) is 0 Å². The number of carbonyl (C=O) groups excluding carboxylic acids is 1. The lowest BCUT2D eigenvalue weighted by molar-refractivity contribution is -0.130. The van der Waals surface area contributed by atoms with Crippen molar-refractivity contribution in [2.24, 2.45) is 46.3 Å². The van der Waals surface area contributed by atoms with Gasteiger partial charge in [0.2, 0.25) is 5.91 Å². The van der Waals surface area contributed by atoms with Crippen LogP contribution in [0.15, 0.2) is 63.8 Å². The number of benzene rings is 3. The highest BCUT2D eigenvalue weighted by atomic mass is 16.4. The Morgan fingerprint density at radius 3 is 2.51 bits per heavy atom. The summed E-state index contributed by atoms with van der Waals surface area (Å²) in [5, 5.41) is 35.1. The van der Waals surface area contributed by atoms with Gasteiger partial charge in [0.1, 0.15) is 17.1 Å². The average Bonchev–Trinajstić information content (AvgIpc) is 3.50. The van der Waals surface area contributed by atoms with Crippen LogP contribution in [-0.2, 0) is 11.3 Å². The fourth-order valence-corrected chi connectivity index (χ4v) is 12.4. The van der Waals surface area contributed by atoms with E-state index in [0.717, 1.165) is 37.0 Å². The summed E-state index contributed by atoms with van der Waals surface area (Å²) >= 11 is 0. The lowest BCUT2D eigenvalue weighted by Crippen LogP contribution is -2.54. The number of phenolic OH excluding ortho intramolecular Hbond substituents is 1. The predicted octanol–water partition coefficient (Wildman–Crippen LogP) is 9.02. The predicted molar refractivity (Wildman–Crippen MR) is 205 cm³/mol. The molecular weight excluding hydrogens is 666 g/mol. The molecule has 1 amide bonds.